The summed E-state index contributed by atoms with van der Waals surface area (Å²) in [6.45, 7) is 0.713. The molecule has 0 spiro atoms. The first kappa shape index (κ1) is 11.4. The fraction of sp³-hybridized carbons (Fsp3) is 0.444. The molecular formula is C9H11IN4O2. The summed E-state index contributed by atoms with van der Waals surface area (Å²) in [5, 5.41) is 0. The normalized spacial score (nSPS) is 11.2. The molecule has 0 aliphatic rings. The number of nitrogens with zero attached hydrogens (tertiary/aromatic N) is 4. The molecular weight excluding hydrogens is 323 g/mol. The summed E-state index contributed by atoms with van der Waals surface area (Å²) in [4.78, 5) is 27.7. The monoisotopic (exact) mass is 334 g/mol. The standard InChI is InChI=1S/C9H11IN4O2/c1-12-7-6(8(15)13(2)9(12)16)14(4-3-10)5-11-7/h5H,3-4H2,1-2H3. The van der Waals surface area contributed by atoms with E-state index >= 15 is 0 Å². The van der Waals surface area contributed by atoms with Crippen molar-refractivity contribution in [1.82, 2.24) is 18.7 Å². The molecule has 0 aliphatic heterocycles. The van der Waals surface area contributed by atoms with E-state index in [1.54, 1.807) is 17.9 Å². The highest BCUT2D eigenvalue weighted by atomic mass is 127. The van der Waals surface area contributed by atoms with E-state index in [0.29, 0.717) is 17.7 Å². The third-order valence-electron chi connectivity index (χ3n) is 2.54. The van der Waals surface area contributed by atoms with Gasteiger partial charge >= 0.3 is 5.69 Å². The van der Waals surface area contributed by atoms with Crippen LogP contribution in [0.4, 0.5) is 0 Å². The van der Waals surface area contributed by atoms with Gasteiger partial charge < -0.3 is 4.57 Å². The number of alkyl halides is 1. The lowest BCUT2D eigenvalue weighted by atomic mass is 10.5. The van der Waals surface area contributed by atoms with Gasteiger partial charge in [-0.2, -0.15) is 0 Å². The number of rotatable bonds is 2. The maximum Gasteiger partial charge on any atom is 0.332 e. The van der Waals surface area contributed by atoms with Crippen molar-refractivity contribution in [2.75, 3.05) is 4.43 Å². The van der Waals surface area contributed by atoms with Gasteiger partial charge in [-0.05, 0) is 0 Å². The second kappa shape index (κ2) is 4.04. The van der Waals surface area contributed by atoms with Crippen molar-refractivity contribution in [2.45, 2.75) is 6.54 Å². The molecule has 6 nitrogen and oxygen atoms in total. The van der Waals surface area contributed by atoms with Crippen LogP contribution in [0.15, 0.2) is 15.9 Å². The molecule has 86 valence electrons. The molecule has 0 fully saturated rings. The van der Waals surface area contributed by atoms with Crippen molar-refractivity contribution in [3.63, 3.8) is 0 Å². The quantitative estimate of drug-likeness (QED) is 0.568. The lowest BCUT2D eigenvalue weighted by molar-refractivity contribution is 0.701. The zero-order chi connectivity index (χ0) is 11.9. The third kappa shape index (κ3) is 1.49. The Morgan fingerprint density at radius 2 is 2.00 bits per heavy atom. The Bertz CT molecular complexity index is 652. The van der Waals surface area contributed by atoms with Gasteiger partial charge in [0.1, 0.15) is 0 Å². The Morgan fingerprint density at radius 3 is 2.62 bits per heavy atom. The SMILES string of the molecule is Cn1c(=O)c2c(ncn2CCI)n(C)c1=O. The van der Waals surface area contributed by atoms with Crippen LogP contribution in [0.5, 0.6) is 0 Å². The minimum atomic E-state index is -0.350. The molecule has 0 radical (unpaired) electrons. The smallest absolute Gasteiger partial charge is 0.324 e. The second-order valence-electron chi connectivity index (χ2n) is 3.50. The van der Waals surface area contributed by atoms with Crippen LogP contribution in [0.25, 0.3) is 11.2 Å². The zero-order valence-corrected chi connectivity index (χ0v) is 11.1. The number of aryl methyl sites for hydroxylation is 2. The van der Waals surface area contributed by atoms with E-state index in [-0.39, 0.29) is 11.2 Å². The molecule has 16 heavy (non-hydrogen) atoms. The maximum absolute atomic E-state index is 11.9. The molecule has 0 unspecified atom stereocenters. The van der Waals surface area contributed by atoms with Crippen LogP contribution in [0.2, 0.25) is 0 Å². The Labute approximate surface area is 105 Å². The van der Waals surface area contributed by atoms with Crippen molar-refractivity contribution in [3.05, 3.63) is 27.2 Å². The molecule has 0 amide bonds. The number of imidazole rings is 1. The molecule has 2 heterocycles. The van der Waals surface area contributed by atoms with Crippen LogP contribution in [0.3, 0.4) is 0 Å². The summed E-state index contributed by atoms with van der Waals surface area (Å²) in [6, 6.07) is 0. The van der Waals surface area contributed by atoms with E-state index in [1.165, 1.54) is 11.6 Å². The second-order valence-corrected chi connectivity index (χ2v) is 4.58. The van der Waals surface area contributed by atoms with Crippen molar-refractivity contribution in [2.24, 2.45) is 14.1 Å². The number of halogens is 1. The average Bonchev–Trinajstić information content (AvgIpc) is 2.68. The van der Waals surface area contributed by atoms with E-state index in [0.717, 1.165) is 8.99 Å². The Morgan fingerprint density at radius 1 is 1.31 bits per heavy atom. The first-order chi connectivity index (χ1) is 7.57. The van der Waals surface area contributed by atoms with Gasteiger partial charge in [0, 0.05) is 25.1 Å². The van der Waals surface area contributed by atoms with Gasteiger partial charge in [0.2, 0.25) is 0 Å². The van der Waals surface area contributed by atoms with E-state index in [2.05, 4.69) is 27.6 Å². The van der Waals surface area contributed by atoms with Gasteiger partial charge in [0.25, 0.3) is 5.56 Å². The summed E-state index contributed by atoms with van der Waals surface area (Å²) in [5.41, 5.74) is 0.289. The lowest BCUT2D eigenvalue weighted by Gasteiger charge is -2.04. The molecule has 0 N–H and O–H groups in total. The van der Waals surface area contributed by atoms with Crippen LogP contribution < -0.4 is 11.2 Å². The topological polar surface area (TPSA) is 61.8 Å². The number of aromatic nitrogens is 4. The molecule has 2 aromatic rings. The van der Waals surface area contributed by atoms with Crippen LogP contribution in [-0.4, -0.2) is 23.1 Å². The molecule has 2 rings (SSSR count). The van der Waals surface area contributed by atoms with Gasteiger partial charge in [0.15, 0.2) is 11.2 Å². The summed E-state index contributed by atoms with van der Waals surface area (Å²) in [5.74, 6) is 0. The number of hydrogen-bond donors (Lipinski definition) is 0. The predicted molar refractivity (Wildman–Crippen MR) is 69.1 cm³/mol. The predicted octanol–water partition coefficient (Wildman–Crippen LogP) is -0.131. The molecule has 2 aromatic heterocycles. The fourth-order valence-electron chi connectivity index (χ4n) is 1.66. The Kier molecular flexibility index (Phi) is 2.87. The molecule has 0 bridgehead atoms. The first-order valence-electron chi connectivity index (χ1n) is 4.74. The van der Waals surface area contributed by atoms with E-state index in [9.17, 15) is 9.59 Å². The molecule has 0 aliphatic carbocycles. The third-order valence-corrected chi connectivity index (χ3v) is 3.03. The molecule has 0 saturated heterocycles. The van der Waals surface area contributed by atoms with E-state index < -0.39 is 0 Å². The summed E-state index contributed by atoms with van der Waals surface area (Å²) in [7, 11) is 3.09. The minimum absolute atomic E-state index is 0.291. The van der Waals surface area contributed by atoms with E-state index in [4.69, 9.17) is 0 Å². The van der Waals surface area contributed by atoms with Crippen LogP contribution in [0.1, 0.15) is 0 Å². The van der Waals surface area contributed by atoms with Crippen molar-refractivity contribution >= 4 is 33.8 Å². The highest BCUT2D eigenvalue weighted by Crippen LogP contribution is 2.05. The van der Waals surface area contributed by atoms with Gasteiger partial charge in [-0.25, -0.2) is 9.78 Å². The van der Waals surface area contributed by atoms with Crippen molar-refractivity contribution < 1.29 is 0 Å². The first-order valence-corrected chi connectivity index (χ1v) is 6.27. The number of fused-ring (bicyclic) bond motifs is 1. The van der Waals surface area contributed by atoms with Gasteiger partial charge in [-0.1, -0.05) is 22.6 Å². The summed E-state index contributed by atoms with van der Waals surface area (Å²) >= 11 is 2.23. The van der Waals surface area contributed by atoms with Gasteiger partial charge in [0.05, 0.1) is 6.33 Å². The van der Waals surface area contributed by atoms with E-state index in [1.807, 2.05) is 0 Å². The van der Waals surface area contributed by atoms with Crippen LogP contribution >= 0.6 is 22.6 Å². The summed E-state index contributed by atoms with van der Waals surface area (Å²) in [6.07, 6.45) is 1.60. The van der Waals surface area contributed by atoms with Crippen LogP contribution in [-0.2, 0) is 20.6 Å². The van der Waals surface area contributed by atoms with Gasteiger partial charge in [-0.3, -0.25) is 13.9 Å². The largest absolute Gasteiger partial charge is 0.332 e. The molecule has 0 atom stereocenters. The Hall–Kier alpha value is -1.12. The lowest BCUT2D eigenvalue weighted by Crippen LogP contribution is -2.37. The van der Waals surface area contributed by atoms with Crippen molar-refractivity contribution in [3.8, 4) is 0 Å². The molecule has 7 heteroatoms. The van der Waals surface area contributed by atoms with Crippen molar-refractivity contribution in [1.29, 1.82) is 0 Å². The summed E-state index contributed by atoms with van der Waals surface area (Å²) < 4.78 is 5.16. The molecule has 0 saturated carbocycles. The Balaban J connectivity index is 2.95. The van der Waals surface area contributed by atoms with Gasteiger partial charge in [-0.15, -0.1) is 0 Å². The maximum atomic E-state index is 11.9. The zero-order valence-electron chi connectivity index (χ0n) is 8.97. The highest BCUT2D eigenvalue weighted by molar-refractivity contribution is 14.1. The molecule has 0 aromatic carbocycles. The minimum Gasteiger partial charge on any atom is -0.324 e. The number of hydrogen-bond acceptors (Lipinski definition) is 3. The highest BCUT2D eigenvalue weighted by Gasteiger charge is 2.13. The fourth-order valence-corrected chi connectivity index (χ4v) is 2.18. The average molecular weight is 334 g/mol. The van der Waals surface area contributed by atoms with Crippen LogP contribution in [0, 0.1) is 0 Å².